The van der Waals surface area contributed by atoms with E-state index in [1.165, 1.54) is 43.5 Å². The molecule has 3 aromatic rings. The summed E-state index contributed by atoms with van der Waals surface area (Å²) >= 11 is 6.14. The van der Waals surface area contributed by atoms with E-state index in [0.29, 0.717) is 16.7 Å². The van der Waals surface area contributed by atoms with Gasteiger partial charge in [0.15, 0.2) is 5.75 Å². The number of esters is 1. The van der Waals surface area contributed by atoms with E-state index in [0.717, 1.165) is 12.1 Å². The number of anilines is 1. The third-order valence-corrected chi connectivity index (χ3v) is 6.59. The zero-order valence-electron chi connectivity index (χ0n) is 16.6. The van der Waals surface area contributed by atoms with Gasteiger partial charge in [0.25, 0.3) is 10.0 Å². The number of cyclic esters (lactones) is 1. The molecule has 3 aromatic carbocycles. The van der Waals surface area contributed by atoms with E-state index < -0.39 is 32.5 Å². The largest absolute Gasteiger partial charge is 0.494 e. The van der Waals surface area contributed by atoms with Crippen LogP contribution in [-0.4, -0.2) is 28.1 Å². The number of rotatable bonds is 1. The molecule has 0 spiro atoms. The molecule has 32 heavy (non-hydrogen) atoms. The first kappa shape index (κ1) is 22.0. The number of hydrogen-bond donors (Lipinski definition) is 1. The van der Waals surface area contributed by atoms with Gasteiger partial charge in [-0.25, -0.2) is 22.0 Å². The van der Waals surface area contributed by atoms with Crippen molar-refractivity contribution in [1.82, 2.24) is 0 Å². The van der Waals surface area contributed by atoms with Gasteiger partial charge in [0.2, 0.25) is 0 Å². The van der Waals surface area contributed by atoms with Crippen molar-refractivity contribution in [2.75, 3.05) is 18.4 Å². The first-order chi connectivity index (χ1) is 15.2. The van der Waals surface area contributed by atoms with Crippen molar-refractivity contribution < 1.29 is 31.5 Å². The number of nitrogens with one attached hydrogen (secondary N) is 1. The first-order valence-corrected chi connectivity index (χ1v) is 11.2. The second-order valence-electron chi connectivity index (χ2n) is 6.98. The molecule has 0 amide bonds. The quantitative estimate of drug-likeness (QED) is 0.507. The molecule has 0 unspecified atom stereocenters. The van der Waals surface area contributed by atoms with Crippen LogP contribution in [0, 0.1) is 11.6 Å². The normalized spacial score (nSPS) is 15.1. The maximum atomic E-state index is 14.5. The van der Waals surface area contributed by atoms with Crippen LogP contribution in [0.25, 0.3) is 11.1 Å². The second-order valence-corrected chi connectivity index (χ2v) is 9.03. The van der Waals surface area contributed by atoms with Gasteiger partial charge in [-0.2, -0.15) is 0 Å². The van der Waals surface area contributed by atoms with Crippen molar-refractivity contribution in [1.29, 1.82) is 0 Å². The predicted octanol–water partition coefficient (Wildman–Crippen LogP) is 4.81. The van der Waals surface area contributed by atoms with Crippen LogP contribution >= 0.6 is 11.6 Å². The van der Waals surface area contributed by atoms with E-state index in [1.807, 2.05) is 0 Å². The number of carbonyl (C=O) groups is 1. The maximum Gasteiger partial charge on any atom is 0.338 e. The Bertz CT molecular complexity index is 1340. The highest BCUT2D eigenvalue weighted by molar-refractivity contribution is 7.92. The average molecular weight is 480 g/mol. The summed E-state index contributed by atoms with van der Waals surface area (Å²) in [4.78, 5) is 12.1. The fraction of sp³-hybridized carbons (Fsp3) is 0.136. The molecule has 1 aliphatic rings. The van der Waals surface area contributed by atoms with Crippen LogP contribution in [0.3, 0.4) is 0 Å². The molecule has 10 heteroatoms. The van der Waals surface area contributed by atoms with Crippen molar-refractivity contribution >= 4 is 33.3 Å². The lowest BCUT2D eigenvalue weighted by Gasteiger charge is -2.17. The lowest BCUT2D eigenvalue weighted by Crippen LogP contribution is -2.17. The number of halogens is 3. The lowest BCUT2D eigenvalue weighted by molar-refractivity contribution is 0.0509. The van der Waals surface area contributed by atoms with Crippen molar-refractivity contribution in [2.24, 2.45) is 0 Å². The minimum atomic E-state index is -4.45. The van der Waals surface area contributed by atoms with E-state index in [2.05, 4.69) is 4.72 Å². The number of hydrogen-bond acceptors (Lipinski definition) is 5. The summed E-state index contributed by atoms with van der Waals surface area (Å²) in [7, 11) is -3.23. The Morgan fingerprint density at radius 3 is 2.59 bits per heavy atom. The van der Waals surface area contributed by atoms with Crippen LogP contribution in [0.1, 0.15) is 15.9 Å². The highest BCUT2D eigenvalue weighted by atomic mass is 35.5. The average Bonchev–Trinajstić information content (AvgIpc) is 2.75. The van der Waals surface area contributed by atoms with Crippen molar-refractivity contribution in [3.63, 3.8) is 0 Å². The summed E-state index contributed by atoms with van der Waals surface area (Å²) in [5, 5.41) is -0.135. The van der Waals surface area contributed by atoms with Gasteiger partial charge in [0.05, 0.1) is 30.0 Å². The molecule has 4 rings (SSSR count). The minimum Gasteiger partial charge on any atom is -0.494 e. The summed E-state index contributed by atoms with van der Waals surface area (Å²) in [6, 6.07) is 10.0. The summed E-state index contributed by atoms with van der Waals surface area (Å²) in [6.45, 7) is -0.0600. The first-order valence-electron chi connectivity index (χ1n) is 9.35. The molecule has 0 fully saturated rings. The van der Waals surface area contributed by atoms with Crippen molar-refractivity contribution in [3.8, 4) is 16.9 Å². The molecule has 1 N–H and O–H groups in total. The molecule has 6 nitrogen and oxygen atoms in total. The van der Waals surface area contributed by atoms with Crippen LogP contribution in [0.4, 0.5) is 14.5 Å². The van der Waals surface area contributed by atoms with Gasteiger partial charge in [-0.3, -0.25) is 4.72 Å². The molecule has 0 radical (unpaired) electrons. The Kier molecular flexibility index (Phi) is 5.79. The lowest BCUT2D eigenvalue weighted by atomic mass is 9.97. The van der Waals surface area contributed by atoms with Crippen LogP contribution in [0.5, 0.6) is 5.75 Å². The Labute approximate surface area is 187 Å². The Hall–Kier alpha value is -3.17. The van der Waals surface area contributed by atoms with Gasteiger partial charge < -0.3 is 9.47 Å². The molecule has 0 atom stereocenters. The molecule has 1 heterocycles. The third-order valence-electron chi connectivity index (χ3n) is 4.94. The molecule has 0 aromatic heterocycles. The van der Waals surface area contributed by atoms with Gasteiger partial charge in [-0.15, -0.1) is 0 Å². The molecular weight excluding hydrogens is 464 g/mol. The Balaban J connectivity index is 1.95. The summed E-state index contributed by atoms with van der Waals surface area (Å²) in [6.07, 6.45) is 0.247. The standard InChI is InChI=1S/C22H16ClF2NO5S/c1-30-21-17(23)8-14-10-20(21)32(28,29)26-19-9-13(3-5-18(19)25)16-11-15(24)4-2-12(16)6-7-31-22(14)27/h2-5,8-11,26H,6-7H2,1H3. The molecule has 0 aliphatic carbocycles. The molecule has 0 saturated carbocycles. The molecule has 0 saturated heterocycles. The second kappa shape index (κ2) is 8.40. The topological polar surface area (TPSA) is 81.7 Å². The Morgan fingerprint density at radius 2 is 1.84 bits per heavy atom. The van der Waals surface area contributed by atoms with Gasteiger partial charge >= 0.3 is 5.97 Å². The van der Waals surface area contributed by atoms with E-state index in [9.17, 15) is 22.0 Å². The van der Waals surface area contributed by atoms with E-state index >= 15 is 0 Å². The highest BCUT2D eigenvalue weighted by Crippen LogP contribution is 2.36. The molecular formula is C22H16ClF2NO5S. The number of benzene rings is 3. The van der Waals surface area contributed by atoms with E-state index in [-0.39, 0.29) is 35.1 Å². The summed E-state index contributed by atoms with van der Waals surface area (Å²) < 4.78 is 67.2. The van der Waals surface area contributed by atoms with E-state index in [4.69, 9.17) is 21.1 Å². The van der Waals surface area contributed by atoms with Crippen LogP contribution in [0.2, 0.25) is 5.02 Å². The zero-order chi connectivity index (χ0) is 23.0. The fourth-order valence-corrected chi connectivity index (χ4v) is 5.05. The fourth-order valence-electron chi connectivity index (χ4n) is 3.43. The summed E-state index contributed by atoms with van der Waals surface area (Å²) in [5.74, 6) is -2.39. The van der Waals surface area contributed by atoms with Gasteiger partial charge in [0, 0.05) is 6.42 Å². The third kappa shape index (κ3) is 4.13. The van der Waals surface area contributed by atoms with Crippen molar-refractivity contribution in [2.45, 2.75) is 11.3 Å². The SMILES string of the molecule is COc1c(Cl)cc2cc1S(=O)(=O)Nc1cc(ccc1F)-c1cc(F)ccc1CCOC2=O. The smallest absolute Gasteiger partial charge is 0.338 e. The van der Waals surface area contributed by atoms with Crippen LogP contribution in [-0.2, 0) is 21.2 Å². The van der Waals surface area contributed by atoms with Crippen LogP contribution in [0.15, 0.2) is 53.4 Å². The predicted molar refractivity (Wildman–Crippen MR) is 115 cm³/mol. The summed E-state index contributed by atoms with van der Waals surface area (Å²) in [5.41, 5.74) is 0.936. The van der Waals surface area contributed by atoms with Crippen LogP contribution < -0.4 is 9.46 Å². The van der Waals surface area contributed by atoms with Crippen molar-refractivity contribution in [3.05, 3.63) is 76.3 Å². The maximum absolute atomic E-state index is 14.5. The molecule has 166 valence electrons. The number of ether oxygens (including phenoxy) is 2. The molecule has 4 bridgehead atoms. The monoisotopic (exact) mass is 479 g/mol. The Morgan fingerprint density at radius 1 is 1.06 bits per heavy atom. The van der Waals surface area contributed by atoms with E-state index in [1.54, 1.807) is 0 Å². The number of sulfonamides is 1. The van der Waals surface area contributed by atoms with Gasteiger partial charge in [-0.1, -0.05) is 23.7 Å². The minimum absolute atomic E-state index is 0.0600. The van der Waals surface area contributed by atoms with Gasteiger partial charge in [-0.05, 0) is 53.1 Å². The highest BCUT2D eigenvalue weighted by Gasteiger charge is 2.27. The molecule has 1 aliphatic heterocycles. The number of fused-ring (bicyclic) bond motifs is 6. The number of carbonyl (C=O) groups excluding carboxylic acids is 1. The zero-order valence-corrected chi connectivity index (χ0v) is 18.2. The number of methoxy groups -OCH3 is 1. The van der Waals surface area contributed by atoms with Gasteiger partial charge in [0.1, 0.15) is 16.5 Å².